The van der Waals surface area contributed by atoms with Crippen LogP contribution in [0.4, 0.5) is 8.78 Å². The molecule has 0 heterocycles. The van der Waals surface area contributed by atoms with E-state index in [1.807, 2.05) is 0 Å². The molecule has 0 fully saturated rings. The minimum Gasteiger partial charge on any atom is -0.333 e. The minimum atomic E-state index is -0.548. The van der Waals surface area contributed by atoms with E-state index >= 15 is 0 Å². The molecule has 0 saturated heterocycles. The Balaban J connectivity index is 1.78. The van der Waals surface area contributed by atoms with Gasteiger partial charge in [-0.1, -0.05) is 47.1 Å². The zero-order chi connectivity index (χ0) is 26.1. The molecule has 6 nitrogen and oxygen atoms in total. The van der Waals surface area contributed by atoms with E-state index in [-0.39, 0.29) is 29.4 Å². The monoisotopic (exact) mass is 491 g/mol. The lowest BCUT2D eigenvalue weighted by Gasteiger charge is -2.28. The van der Waals surface area contributed by atoms with Gasteiger partial charge in [0.05, 0.1) is 18.4 Å². The first-order valence-corrected chi connectivity index (χ1v) is 12.6. The molecule has 1 aromatic carbocycles. The van der Waals surface area contributed by atoms with E-state index in [1.54, 1.807) is 6.34 Å². The molecule has 0 spiro atoms. The summed E-state index contributed by atoms with van der Waals surface area (Å²) in [5, 5.41) is 12.4. The number of fused-ring (bicyclic) bond motifs is 1. The summed E-state index contributed by atoms with van der Waals surface area (Å²) >= 11 is 0. The highest BCUT2D eigenvalue weighted by atomic mass is 19.1. The van der Waals surface area contributed by atoms with Crippen molar-refractivity contribution in [2.45, 2.75) is 84.7 Å². The third-order valence-corrected chi connectivity index (χ3v) is 6.15. The summed E-state index contributed by atoms with van der Waals surface area (Å²) in [4.78, 5) is 17.1. The molecule has 0 aliphatic heterocycles. The number of hydrogen-bond donors (Lipinski definition) is 4. The second-order valence-electron chi connectivity index (χ2n) is 11.0. The maximum absolute atomic E-state index is 14.1. The standard InChI is InChI=1S/C27H43F2N5O/c1-7-8-11-27(6,17-30-16-26(3,4)5)33-18-32-19(2)34-25(35)15-31-22-10-9-20-12-21(28)13-24(29)23(20)14-22/h12-13,18,22,30-31H,2,7-11,14-17H2,1,3-6H3,(H,32,33)(H,34,35). The fraction of sp³-hybridized carbons (Fsp3) is 0.630. The van der Waals surface area contributed by atoms with Crippen molar-refractivity contribution in [2.24, 2.45) is 10.4 Å². The number of carbonyl (C=O) groups is 1. The van der Waals surface area contributed by atoms with Gasteiger partial charge in [0.1, 0.15) is 17.5 Å². The van der Waals surface area contributed by atoms with Gasteiger partial charge in [-0.3, -0.25) is 9.79 Å². The van der Waals surface area contributed by atoms with E-state index in [0.717, 1.165) is 38.4 Å². The molecular weight excluding hydrogens is 448 g/mol. The molecular formula is C27H43F2N5O. The molecule has 4 N–H and O–H groups in total. The van der Waals surface area contributed by atoms with Gasteiger partial charge in [-0.15, -0.1) is 0 Å². The fourth-order valence-corrected chi connectivity index (χ4v) is 4.18. The third kappa shape index (κ3) is 10.4. The highest BCUT2D eigenvalue weighted by Gasteiger charge is 2.24. The fourth-order valence-electron chi connectivity index (χ4n) is 4.18. The first kappa shape index (κ1) is 28.9. The number of carbonyl (C=O) groups excluding carboxylic acids is 1. The number of aliphatic imine (C=N–C) groups is 1. The van der Waals surface area contributed by atoms with Crippen LogP contribution in [0.15, 0.2) is 29.5 Å². The maximum atomic E-state index is 14.1. The van der Waals surface area contributed by atoms with Crippen LogP contribution in [0.1, 0.15) is 71.4 Å². The zero-order valence-electron chi connectivity index (χ0n) is 22.0. The zero-order valence-corrected chi connectivity index (χ0v) is 22.0. The number of halogens is 2. The predicted molar refractivity (Wildman–Crippen MR) is 139 cm³/mol. The Bertz CT molecular complexity index is 896. The number of benzene rings is 1. The molecule has 2 atom stereocenters. The van der Waals surface area contributed by atoms with Gasteiger partial charge >= 0.3 is 0 Å². The van der Waals surface area contributed by atoms with E-state index in [4.69, 9.17) is 4.99 Å². The third-order valence-electron chi connectivity index (χ3n) is 6.15. The van der Waals surface area contributed by atoms with Crippen LogP contribution >= 0.6 is 0 Å². The number of aryl methyl sites for hydroxylation is 1. The number of amides is 1. The number of rotatable bonds is 13. The second-order valence-corrected chi connectivity index (χ2v) is 11.0. The molecule has 0 bridgehead atoms. The number of nitrogens with one attached hydrogen (secondary N) is 4. The Morgan fingerprint density at radius 2 is 1.97 bits per heavy atom. The highest BCUT2D eigenvalue weighted by molar-refractivity contribution is 5.80. The van der Waals surface area contributed by atoms with Gasteiger partial charge in [-0.25, -0.2) is 8.78 Å². The van der Waals surface area contributed by atoms with E-state index in [1.165, 1.54) is 6.07 Å². The van der Waals surface area contributed by atoms with E-state index in [0.29, 0.717) is 36.2 Å². The smallest absolute Gasteiger partial charge is 0.239 e. The summed E-state index contributed by atoms with van der Waals surface area (Å²) in [7, 11) is 0. The number of hydrogen-bond acceptors (Lipinski definition) is 4. The van der Waals surface area contributed by atoms with Crippen LogP contribution in [-0.2, 0) is 17.6 Å². The Kier molecular flexibility index (Phi) is 10.8. The SMILES string of the molecule is C=C(NC=NC(C)(CCCC)CNCC(C)(C)C)NC(=O)CNC1CCc2cc(F)cc(F)c2C1. The summed E-state index contributed by atoms with van der Waals surface area (Å²) in [6.45, 7) is 16.5. The molecule has 1 aliphatic rings. The molecule has 1 aromatic rings. The average molecular weight is 492 g/mol. The lowest BCUT2D eigenvalue weighted by atomic mass is 9.88. The molecule has 1 aliphatic carbocycles. The lowest BCUT2D eigenvalue weighted by Crippen LogP contribution is -2.43. The molecule has 2 rings (SSSR count). The number of unbranched alkanes of at least 4 members (excludes halogenated alkanes) is 1. The van der Waals surface area contributed by atoms with Crippen molar-refractivity contribution in [3.05, 3.63) is 47.3 Å². The summed E-state index contributed by atoms with van der Waals surface area (Å²) < 4.78 is 27.5. The molecule has 0 aromatic heterocycles. The van der Waals surface area contributed by atoms with Crippen LogP contribution in [-0.4, -0.2) is 43.5 Å². The largest absolute Gasteiger partial charge is 0.333 e. The summed E-state index contributed by atoms with van der Waals surface area (Å²) in [5.74, 6) is -0.973. The molecule has 2 unspecified atom stereocenters. The van der Waals surface area contributed by atoms with E-state index in [9.17, 15) is 13.6 Å². The van der Waals surface area contributed by atoms with Crippen molar-refractivity contribution in [2.75, 3.05) is 19.6 Å². The first-order chi connectivity index (χ1) is 16.4. The normalized spacial score (nSPS) is 17.6. The minimum absolute atomic E-state index is 0.0455. The van der Waals surface area contributed by atoms with Crippen molar-refractivity contribution in [3.63, 3.8) is 0 Å². The van der Waals surface area contributed by atoms with E-state index in [2.05, 4.69) is 62.5 Å². The summed E-state index contributed by atoms with van der Waals surface area (Å²) in [6, 6.07) is 2.27. The number of nitrogens with zero attached hydrogens (tertiary/aromatic N) is 1. The topological polar surface area (TPSA) is 77.6 Å². The molecule has 1 amide bonds. The van der Waals surface area contributed by atoms with Crippen molar-refractivity contribution in [3.8, 4) is 0 Å². The first-order valence-electron chi connectivity index (χ1n) is 12.6. The molecule has 0 saturated carbocycles. The van der Waals surface area contributed by atoms with Crippen molar-refractivity contribution < 1.29 is 13.6 Å². The van der Waals surface area contributed by atoms with Crippen molar-refractivity contribution in [1.29, 1.82) is 0 Å². The van der Waals surface area contributed by atoms with Crippen LogP contribution in [0.25, 0.3) is 0 Å². The molecule has 0 radical (unpaired) electrons. The Morgan fingerprint density at radius 3 is 2.66 bits per heavy atom. The van der Waals surface area contributed by atoms with Crippen LogP contribution in [0.3, 0.4) is 0 Å². The summed E-state index contributed by atoms with van der Waals surface area (Å²) in [6.07, 6.45) is 6.47. The van der Waals surface area contributed by atoms with Gasteiger partial charge in [0.25, 0.3) is 0 Å². The Hall–Kier alpha value is -2.32. The summed E-state index contributed by atoms with van der Waals surface area (Å²) in [5.41, 5.74) is 1.19. The highest BCUT2D eigenvalue weighted by Crippen LogP contribution is 2.25. The van der Waals surface area contributed by atoms with Gasteiger partial charge in [-0.2, -0.15) is 0 Å². The van der Waals surface area contributed by atoms with Gasteiger partial charge < -0.3 is 21.3 Å². The van der Waals surface area contributed by atoms with Gasteiger partial charge in [0, 0.05) is 25.2 Å². The quantitative estimate of drug-likeness (QED) is 0.246. The van der Waals surface area contributed by atoms with Gasteiger partial charge in [-0.05, 0) is 55.2 Å². The molecule has 8 heteroatoms. The lowest BCUT2D eigenvalue weighted by molar-refractivity contribution is -0.119. The van der Waals surface area contributed by atoms with Crippen LogP contribution in [0, 0.1) is 17.0 Å². The van der Waals surface area contributed by atoms with Gasteiger partial charge in [0.2, 0.25) is 5.91 Å². The second kappa shape index (κ2) is 13.1. The van der Waals surface area contributed by atoms with Crippen LogP contribution < -0.4 is 21.3 Å². The van der Waals surface area contributed by atoms with Crippen molar-refractivity contribution in [1.82, 2.24) is 21.3 Å². The predicted octanol–water partition coefficient (Wildman–Crippen LogP) is 4.20. The maximum Gasteiger partial charge on any atom is 0.239 e. The molecule has 35 heavy (non-hydrogen) atoms. The average Bonchev–Trinajstić information content (AvgIpc) is 2.75. The van der Waals surface area contributed by atoms with Gasteiger partial charge in [0.15, 0.2) is 0 Å². The Labute approximate surface area is 209 Å². The molecule has 196 valence electrons. The van der Waals surface area contributed by atoms with Crippen LogP contribution in [0.5, 0.6) is 0 Å². The van der Waals surface area contributed by atoms with Crippen molar-refractivity contribution >= 4 is 12.2 Å². The van der Waals surface area contributed by atoms with E-state index < -0.39 is 11.6 Å². The Morgan fingerprint density at radius 1 is 1.23 bits per heavy atom. The van der Waals surface area contributed by atoms with Crippen LogP contribution in [0.2, 0.25) is 0 Å².